The van der Waals surface area contributed by atoms with Crippen molar-refractivity contribution in [1.29, 1.82) is 0 Å². The zero-order valence-electron chi connectivity index (χ0n) is 27.0. The van der Waals surface area contributed by atoms with Crippen LogP contribution in [0.1, 0.15) is 55.5 Å². The Morgan fingerprint density at radius 1 is 0.935 bits per heavy atom. The van der Waals surface area contributed by atoms with Gasteiger partial charge in [-0.2, -0.15) is 0 Å². The SMILES string of the molecule is CN(C(=O)c1ccc(N2CCOCC2)cc1)[C@@H]1CCN(C(=O)[C@H]2CCOC[C@H]2NC(=O)OC(C)(C)C)C[C@H]1c1ccc(Cl)c(Cl)c1. The maximum Gasteiger partial charge on any atom is 0.407 e. The molecule has 3 amide bonds. The van der Waals surface area contributed by atoms with E-state index < -0.39 is 23.7 Å². The molecule has 10 nitrogen and oxygen atoms in total. The van der Waals surface area contributed by atoms with Gasteiger partial charge in [0.2, 0.25) is 5.91 Å². The average molecular weight is 676 g/mol. The van der Waals surface area contributed by atoms with E-state index in [2.05, 4.69) is 10.2 Å². The maximum absolute atomic E-state index is 14.1. The molecule has 0 unspecified atom stereocenters. The molecule has 5 rings (SSSR count). The number of carbonyl (C=O) groups excluding carboxylic acids is 3. The van der Waals surface area contributed by atoms with Crippen molar-refractivity contribution in [3.8, 4) is 0 Å². The third-order valence-corrected chi connectivity index (χ3v) is 9.68. The summed E-state index contributed by atoms with van der Waals surface area (Å²) >= 11 is 12.7. The monoisotopic (exact) mass is 674 g/mol. The normalized spacial score (nSPS) is 23.9. The summed E-state index contributed by atoms with van der Waals surface area (Å²) in [4.78, 5) is 46.4. The summed E-state index contributed by atoms with van der Waals surface area (Å²) in [6.07, 6.45) is 0.472. The smallest absolute Gasteiger partial charge is 0.407 e. The minimum Gasteiger partial charge on any atom is -0.444 e. The molecule has 1 N–H and O–H groups in total. The molecule has 250 valence electrons. The molecule has 0 bridgehead atoms. The summed E-state index contributed by atoms with van der Waals surface area (Å²) in [5.74, 6) is -0.822. The lowest BCUT2D eigenvalue weighted by Crippen LogP contribution is -2.57. The van der Waals surface area contributed by atoms with Crippen LogP contribution in [0, 0.1) is 5.92 Å². The summed E-state index contributed by atoms with van der Waals surface area (Å²) in [5.41, 5.74) is 1.90. The standard InChI is InChI=1S/C34H44Cl2N4O6/c1-34(2,3)46-33(43)37-29-21-45-16-12-25(29)32(42)40-13-11-30(26(20-40)23-7-10-27(35)28(36)19-23)38(4)31(41)22-5-8-24(9-6-22)39-14-17-44-18-15-39/h5-10,19,25-26,29-30H,11-18,20-21H2,1-4H3,(H,37,43)/t25-,26-,29+,30+/m0/s1. The van der Waals surface area contributed by atoms with Crippen LogP contribution in [0.4, 0.5) is 10.5 Å². The molecule has 0 radical (unpaired) electrons. The second kappa shape index (κ2) is 14.8. The fourth-order valence-electron chi connectivity index (χ4n) is 6.53. The number of nitrogens with one attached hydrogen (secondary N) is 1. The number of likely N-dealkylation sites (N-methyl/N-ethyl adjacent to an activating group) is 1. The van der Waals surface area contributed by atoms with Gasteiger partial charge in [-0.3, -0.25) is 9.59 Å². The number of rotatable bonds is 6. The Bertz CT molecular complexity index is 1390. The van der Waals surface area contributed by atoms with E-state index in [0.29, 0.717) is 61.4 Å². The van der Waals surface area contributed by atoms with E-state index in [1.54, 1.807) is 31.7 Å². The summed E-state index contributed by atoms with van der Waals surface area (Å²) in [6, 6.07) is 12.5. The fourth-order valence-corrected chi connectivity index (χ4v) is 6.84. The Labute approximate surface area is 281 Å². The molecule has 3 fully saturated rings. The van der Waals surface area contributed by atoms with Crippen LogP contribution in [0.25, 0.3) is 0 Å². The van der Waals surface area contributed by atoms with Crippen molar-refractivity contribution in [2.24, 2.45) is 5.92 Å². The minimum atomic E-state index is -0.664. The molecule has 0 saturated carbocycles. The molecule has 0 aliphatic carbocycles. The fraction of sp³-hybridized carbons (Fsp3) is 0.559. The largest absolute Gasteiger partial charge is 0.444 e. The molecular weight excluding hydrogens is 631 g/mol. The van der Waals surface area contributed by atoms with Crippen molar-refractivity contribution >= 4 is 46.8 Å². The number of hydrogen-bond acceptors (Lipinski definition) is 7. The van der Waals surface area contributed by atoms with Crippen LogP contribution in [0.15, 0.2) is 42.5 Å². The number of nitrogens with zero attached hydrogens (tertiary/aromatic N) is 3. The number of anilines is 1. The number of morpholine rings is 1. The molecule has 3 aliphatic rings. The second-order valence-corrected chi connectivity index (χ2v) is 14.0. The van der Waals surface area contributed by atoms with E-state index in [1.165, 1.54) is 0 Å². The van der Waals surface area contributed by atoms with Crippen molar-refractivity contribution in [1.82, 2.24) is 15.1 Å². The predicted octanol–water partition coefficient (Wildman–Crippen LogP) is 5.22. The highest BCUT2D eigenvalue weighted by Crippen LogP contribution is 2.36. The number of likely N-dealkylation sites (tertiary alicyclic amines) is 1. The number of piperidine rings is 1. The van der Waals surface area contributed by atoms with Crippen molar-refractivity contribution < 1.29 is 28.6 Å². The third-order valence-electron chi connectivity index (χ3n) is 8.94. The van der Waals surface area contributed by atoms with Gasteiger partial charge in [-0.15, -0.1) is 0 Å². The quantitative estimate of drug-likeness (QED) is 0.449. The van der Waals surface area contributed by atoms with Gasteiger partial charge in [-0.1, -0.05) is 29.3 Å². The van der Waals surface area contributed by atoms with Gasteiger partial charge in [0.25, 0.3) is 5.91 Å². The van der Waals surface area contributed by atoms with Gasteiger partial charge < -0.3 is 34.2 Å². The second-order valence-electron chi connectivity index (χ2n) is 13.2. The molecule has 2 aromatic rings. The van der Waals surface area contributed by atoms with Gasteiger partial charge in [-0.05, 0) is 75.6 Å². The van der Waals surface area contributed by atoms with Crippen molar-refractivity contribution in [2.75, 3.05) is 64.6 Å². The molecule has 0 spiro atoms. The van der Waals surface area contributed by atoms with E-state index in [4.69, 9.17) is 37.4 Å². The number of halogens is 2. The van der Waals surface area contributed by atoms with E-state index in [0.717, 1.165) is 24.3 Å². The Kier molecular flexibility index (Phi) is 11.0. The highest BCUT2D eigenvalue weighted by molar-refractivity contribution is 6.42. The molecule has 12 heteroatoms. The van der Waals surface area contributed by atoms with Crippen LogP contribution in [0.2, 0.25) is 10.0 Å². The van der Waals surface area contributed by atoms with Crippen LogP contribution in [0.5, 0.6) is 0 Å². The minimum absolute atomic E-state index is 0.0550. The van der Waals surface area contributed by atoms with Crippen molar-refractivity contribution in [2.45, 2.75) is 57.2 Å². The van der Waals surface area contributed by atoms with Gasteiger partial charge in [0.1, 0.15) is 5.60 Å². The van der Waals surface area contributed by atoms with Crippen LogP contribution >= 0.6 is 23.2 Å². The molecule has 3 saturated heterocycles. The van der Waals surface area contributed by atoms with Crippen LogP contribution in [-0.2, 0) is 19.0 Å². The van der Waals surface area contributed by atoms with E-state index in [1.807, 2.05) is 48.3 Å². The lowest BCUT2D eigenvalue weighted by Gasteiger charge is -2.44. The maximum atomic E-state index is 14.1. The Balaban J connectivity index is 1.33. The van der Waals surface area contributed by atoms with Crippen molar-refractivity contribution in [3.05, 3.63) is 63.6 Å². The van der Waals surface area contributed by atoms with E-state index >= 15 is 0 Å². The van der Waals surface area contributed by atoms with E-state index in [-0.39, 0.29) is 30.4 Å². The van der Waals surface area contributed by atoms with Gasteiger partial charge in [0, 0.05) is 63.0 Å². The van der Waals surface area contributed by atoms with Gasteiger partial charge in [-0.25, -0.2) is 4.79 Å². The first-order chi connectivity index (χ1) is 21.9. The lowest BCUT2D eigenvalue weighted by atomic mass is 9.83. The topological polar surface area (TPSA) is 101 Å². The molecule has 3 aliphatic heterocycles. The zero-order chi connectivity index (χ0) is 33.0. The van der Waals surface area contributed by atoms with Gasteiger partial charge in [0.05, 0.1) is 41.8 Å². The first-order valence-electron chi connectivity index (χ1n) is 15.9. The summed E-state index contributed by atoms with van der Waals surface area (Å²) in [6.45, 7) is 9.90. The highest BCUT2D eigenvalue weighted by Gasteiger charge is 2.41. The Hall–Kier alpha value is -3.05. The van der Waals surface area contributed by atoms with Gasteiger partial charge in [0.15, 0.2) is 0 Å². The predicted molar refractivity (Wildman–Crippen MR) is 178 cm³/mol. The first-order valence-corrected chi connectivity index (χ1v) is 16.7. The number of benzene rings is 2. The third kappa shape index (κ3) is 8.26. The Morgan fingerprint density at radius 2 is 1.65 bits per heavy atom. The van der Waals surface area contributed by atoms with Crippen molar-refractivity contribution in [3.63, 3.8) is 0 Å². The average Bonchev–Trinajstić information content (AvgIpc) is 3.04. The number of ether oxygens (including phenoxy) is 3. The number of carbonyl (C=O) groups is 3. The highest BCUT2D eigenvalue weighted by atomic mass is 35.5. The summed E-state index contributed by atoms with van der Waals surface area (Å²) in [7, 11) is 1.82. The van der Waals surface area contributed by atoms with E-state index in [9.17, 15) is 14.4 Å². The summed E-state index contributed by atoms with van der Waals surface area (Å²) in [5, 5.41) is 3.71. The molecule has 0 aromatic heterocycles. The molecule has 2 aromatic carbocycles. The van der Waals surface area contributed by atoms with Gasteiger partial charge >= 0.3 is 6.09 Å². The zero-order valence-corrected chi connectivity index (χ0v) is 28.5. The molecule has 3 heterocycles. The molecule has 46 heavy (non-hydrogen) atoms. The number of amides is 3. The summed E-state index contributed by atoms with van der Waals surface area (Å²) < 4.78 is 16.5. The number of hydrogen-bond donors (Lipinski definition) is 1. The first kappa shape index (κ1) is 34.3. The Morgan fingerprint density at radius 3 is 2.33 bits per heavy atom. The molecular formula is C34H44Cl2N4O6. The number of alkyl carbamates (subject to hydrolysis) is 1. The van der Waals surface area contributed by atoms with Crippen LogP contribution in [0.3, 0.4) is 0 Å². The molecule has 4 atom stereocenters. The lowest BCUT2D eigenvalue weighted by molar-refractivity contribution is -0.141. The van der Waals surface area contributed by atoms with Crippen LogP contribution < -0.4 is 10.2 Å². The van der Waals surface area contributed by atoms with Crippen LogP contribution in [-0.4, -0.2) is 105 Å².